The molecule has 0 aliphatic carbocycles. The van der Waals surface area contributed by atoms with Gasteiger partial charge in [0.05, 0.1) is 12.7 Å². The van der Waals surface area contributed by atoms with Gasteiger partial charge in [0.15, 0.2) is 0 Å². The van der Waals surface area contributed by atoms with Crippen LogP contribution in [-0.4, -0.2) is 56.6 Å². The number of aliphatic hydroxyl groups excluding tert-OH is 1. The highest BCUT2D eigenvalue weighted by Gasteiger charge is 2.08. The van der Waals surface area contributed by atoms with E-state index in [4.69, 9.17) is 9.47 Å². The number of methoxy groups -OCH3 is 1. The van der Waals surface area contributed by atoms with Crippen LogP contribution in [0.4, 0.5) is 0 Å². The van der Waals surface area contributed by atoms with Crippen LogP contribution in [-0.2, 0) is 4.74 Å². The van der Waals surface area contributed by atoms with E-state index in [1.807, 2.05) is 44.0 Å². The van der Waals surface area contributed by atoms with Crippen LogP contribution in [0.15, 0.2) is 18.2 Å². The molecule has 1 unspecified atom stereocenters. The van der Waals surface area contributed by atoms with Crippen LogP contribution < -0.4 is 4.74 Å². The van der Waals surface area contributed by atoms with Crippen molar-refractivity contribution in [3.8, 4) is 5.75 Å². The summed E-state index contributed by atoms with van der Waals surface area (Å²) in [5.74, 6) is 0.966. The summed E-state index contributed by atoms with van der Waals surface area (Å²) in [5.41, 5.74) is 2.31. The molecule has 4 heteroatoms. The van der Waals surface area contributed by atoms with Gasteiger partial charge in [-0.05, 0) is 32.0 Å². The Balaban J connectivity index is 2.34. The molecule has 0 aliphatic rings. The summed E-state index contributed by atoms with van der Waals surface area (Å²) >= 11 is 0. The number of hydrogen-bond acceptors (Lipinski definition) is 4. The molecule has 0 spiro atoms. The number of rotatable bonds is 8. The first-order valence-corrected chi connectivity index (χ1v) is 6.59. The Morgan fingerprint density at radius 1 is 1.26 bits per heavy atom. The summed E-state index contributed by atoms with van der Waals surface area (Å²) in [6.07, 6.45) is -0.449. The lowest BCUT2D eigenvalue weighted by molar-refractivity contribution is 0.0409. The molecule has 0 saturated carbocycles. The number of aliphatic hydroxyl groups is 1. The van der Waals surface area contributed by atoms with Gasteiger partial charge in [0.25, 0.3) is 0 Å². The zero-order chi connectivity index (χ0) is 14.3. The van der Waals surface area contributed by atoms with E-state index in [9.17, 15) is 5.11 Å². The molecule has 0 heterocycles. The van der Waals surface area contributed by atoms with Crippen molar-refractivity contribution in [3.05, 3.63) is 29.3 Å². The fourth-order valence-corrected chi connectivity index (χ4v) is 2.03. The van der Waals surface area contributed by atoms with Crippen molar-refractivity contribution < 1.29 is 14.6 Å². The molecule has 1 N–H and O–H groups in total. The fourth-order valence-electron chi connectivity index (χ4n) is 2.03. The van der Waals surface area contributed by atoms with Crippen LogP contribution in [0.3, 0.4) is 0 Å². The third-order valence-electron chi connectivity index (χ3n) is 3.01. The van der Waals surface area contributed by atoms with Gasteiger partial charge in [-0.15, -0.1) is 0 Å². The summed E-state index contributed by atoms with van der Waals surface area (Å²) in [5, 5.41) is 9.62. The number of nitrogens with zero attached hydrogens (tertiary/aromatic N) is 1. The Morgan fingerprint density at radius 2 is 1.89 bits per heavy atom. The highest BCUT2D eigenvalue weighted by molar-refractivity contribution is 5.39. The minimum Gasteiger partial charge on any atom is -0.492 e. The van der Waals surface area contributed by atoms with Gasteiger partial charge < -0.3 is 19.5 Å². The molecule has 1 rings (SSSR count). The van der Waals surface area contributed by atoms with Crippen molar-refractivity contribution in [2.24, 2.45) is 0 Å². The van der Waals surface area contributed by atoms with E-state index >= 15 is 0 Å². The average molecular weight is 267 g/mol. The van der Waals surface area contributed by atoms with Gasteiger partial charge in [-0.25, -0.2) is 0 Å². The predicted molar refractivity (Wildman–Crippen MR) is 76.8 cm³/mol. The fraction of sp³-hybridized carbons (Fsp3) is 0.600. The van der Waals surface area contributed by atoms with Crippen LogP contribution >= 0.6 is 0 Å². The molecule has 0 saturated heterocycles. The number of aryl methyl sites for hydroxylation is 2. The molecule has 0 aliphatic heterocycles. The smallest absolute Gasteiger partial charge is 0.125 e. The second-order valence-corrected chi connectivity index (χ2v) is 4.94. The van der Waals surface area contributed by atoms with Crippen molar-refractivity contribution in [1.29, 1.82) is 0 Å². The van der Waals surface area contributed by atoms with E-state index in [-0.39, 0.29) is 0 Å². The van der Waals surface area contributed by atoms with Gasteiger partial charge in [-0.2, -0.15) is 0 Å². The van der Waals surface area contributed by atoms with Gasteiger partial charge in [0, 0.05) is 20.2 Å². The highest BCUT2D eigenvalue weighted by atomic mass is 16.5. The normalized spacial score (nSPS) is 12.7. The molecule has 108 valence electrons. The summed E-state index contributed by atoms with van der Waals surface area (Å²) in [7, 11) is 3.56. The second-order valence-electron chi connectivity index (χ2n) is 4.94. The number of benzene rings is 1. The highest BCUT2D eigenvalue weighted by Crippen LogP contribution is 2.21. The lowest BCUT2D eigenvalue weighted by Gasteiger charge is -2.20. The van der Waals surface area contributed by atoms with Crippen LogP contribution in [0, 0.1) is 13.8 Å². The summed E-state index contributed by atoms with van der Waals surface area (Å²) in [4.78, 5) is 2.04. The number of likely N-dealkylation sites (N-methyl/N-ethyl adjacent to an activating group) is 1. The Bertz CT molecular complexity index is 361. The second kappa shape index (κ2) is 8.15. The predicted octanol–water partition coefficient (Wildman–Crippen LogP) is 1.62. The van der Waals surface area contributed by atoms with Crippen molar-refractivity contribution in [2.45, 2.75) is 20.0 Å². The molecule has 0 amide bonds. The topological polar surface area (TPSA) is 41.9 Å². The zero-order valence-corrected chi connectivity index (χ0v) is 12.3. The van der Waals surface area contributed by atoms with Gasteiger partial charge in [-0.1, -0.05) is 18.2 Å². The number of ether oxygens (including phenoxy) is 2. The number of para-hydroxylation sites is 1. The van der Waals surface area contributed by atoms with Crippen LogP contribution in [0.2, 0.25) is 0 Å². The Kier molecular flexibility index (Phi) is 6.84. The Hall–Kier alpha value is -1.10. The van der Waals surface area contributed by atoms with E-state index < -0.39 is 6.10 Å². The minimum atomic E-state index is -0.449. The van der Waals surface area contributed by atoms with Crippen LogP contribution in [0.25, 0.3) is 0 Å². The van der Waals surface area contributed by atoms with Crippen molar-refractivity contribution in [3.63, 3.8) is 0 Å². The number of hydrogen-bond donors (Lipinski definition) is 1. The molecule has 1 aromatic rings. The van der Waals surface area contributed by atoms with Gasteiger partial charge >= 0.3 is 0 Å². The molecule has 1 atom stereocenters. The summed E-state index contributed by atoms with van der Waals surface area (Å²) in [6.45, 7) is 6.44. The first-order chi connectivity index (χ1) is 9.04. The van der Waals surface area contributed by atoms with Crippen molar-refractivity contribution in [2.75, 3.05) is 40.5 Å². The van der Waals surface area contributed by atoms with Crippen molar-refractivity contribution >= 4 is 0 Å². The van der Waals surface area contributed by atoms with Crippen LogP contribution in [0.5, 0.6) is 5.75 Å². The molecule has 0 radical (unpaired) electrons. The van der Waals surface area contributed by atoms with Crippen LogP contribution in [0.1, 0.15) is 11.1 Å². The maximum Gasteiger partial charge on any atom is 0.125 e. The maximum atomic E-state index is 9.62. The Morgan fingerprint density at radius 3 is 2.47 bits per heavy atom. The minimum absolute atomic E-state index is 0.363. The molecule has 0 fully saturated rings. The lowest BCUT2D eigenvalue weighted by Crippen LogP contribution is -2.34. The molecule has 1 aromatic carbocycles. The van der Waals surface area contributed by atoms with Gasteiger partial charge in [0.1, 0.15) is 12.4 Å². The molecular weight excluding hydrogens is 242 g/mol. The lowest BCUT2D eigenvalue weighted by atomic mass is 10.1. The molecular formula is C15H25NO3. The molecule has 4 nitrogen and oxygen atoms in total. The first kappa shape index (κ1) is 16.0. The largest absolute Gasteiger partial charge is 0.492 e. The average Bonchev–Trinajstić information content (AvgIpc) is 2.33. The molecule has 19 heavy (non-hydrogen) atoms. The zero-order valence-electron chi connectivity index (χ0n) is 12.3. The van der Waals surface area contributed by atoms with Gasteiger partial charge in [0.2, 0.25) is 0 Å². The van der Waals surface area contributed by atoms with Gasteiger partial charge in [-0.3, -0.25) is 0 Å². The van der Waals surface area contributed by atoms with E-state index in [0.717, 1.165) is 23.4 Å². The standard InChI is InChI=1S/C15H25NO3/c1-12-6-5-7-13(2)15(12)19-9-8-16(3)10-14(17)11-18-4/h5-7,14,17H,8-11H2,1-4H3. The van der Waals surface area contributed by atoms with E-state index in [0.29, 0.717) is 19.8 Å². The third-order valence-corrected chi connectivity index (χ3v) is 3.01. The maximum absolute atomic E-state index is 9.62. The van der Waals surface area contributed by atoms with Crippen molar-refractivity contribution in [1.82, 2.24) is 4.90 Å². The Labute approximate surface area is 115 Å². The summed E-state index contributed by atoms with van der Waals surface area (Å²) in [6, 6.07) is 6.13. The SMILES string of the molecule is COCC(O)CN(C)CCOc1c(C)cccc1C. The first-order valence-electron chi connectivity index (χ1n) is 6.59. The molecule has 0 aromatic heterocycles. The third kappa shape index (κ3) is 5.59. The quantitative estimate of drug-likeness (QED) is 0.777. The monoisotopic (exact) mass is 267 g/mol. The molecule has 0 bridgehead atoms. The van der Waals surface area contributed by atoms with E-state index in [1.54, 1.807) is 7.11 Å². The van der Waals surface area contributed by atoms with E-state index in [1.165, 1.54) is 0 Å². The van der Waals surface area contributed by atoms with E-state index in [2.05, 4.69) is 0 Å². The summed E-state index contributed by atoms with van der Waals surface area (Å²) < 4.78 is 10.7.